The second-order valence-electron chi connectivity index (χ2n) is 18.6. The van der Waals surface area contributed by atoms with E-state index in [-0.39, 0.29) is 10.8 Å². The van der Waals surface area contributed by atoms with Gasteiger partial charge in [-0.3, -0.25) is 0 Å². The molecule has 1 nitrogen and oxygen atoms in total. The summed E-state index contributed by atoms with van der Waals surface area (Å²) in [6.45, 7) is 9.40. The highest BCUT2D eigenvalue weighted by Crippen LogP contribution is 2.52. The first-order chi connectivity index (χ1) is 30.7. The highest BCUT2D eigenvalue weighted by atomic mass is 14.9. The molecule has 2 aliphatic carbocycles. The highest BCUT2D eigenvalue weighted by molar-refractivity contribution is 5.97. The van der Waals surface area contributed by atoms with Gasteiger partial charge in [-0.05, 0) is 159 Å². The molecule has 0 aromatic heterocycles. The van der Waals surface area contributed by atoms with E-state index in [2.05, 4.69) is 239 Å². The van der Waals surface area contributed by atoms with Gasteiger partial charge in [-0.2, -0.15) is 0 Å². The van der Waals surface area contributed by atoms with E-state index < -0.39 is 0 Å². The molecule has 0 unspecified atom stereocenters. The molecular weight excluding hydrogens is 759 g/mol. The first-order valence-electron chi connectivity index (χ1n) is 22.2. The van der Waals surface area contributed by atoms with Crippen LogP contribution < -0.4 is 5.32 Å². The van der Waals surface area contributed by atoms with Gasteiger partial charge in [0.1, 0.15) is 0 Å². The van der Waals surface area contributed by atoms with Gasteiger partial charge in [0.25, 0.3) is 0 Å². The summed E-state index contributed by atoms with van der Waals surface area (Å²) >= 11 is 0. The van der Waals surface area contributed by atoms with Gasteiger partial charge in [-0.15, -0.1) is 0 Å². The number of fused-ring (bicyclic) bond motifs is 8. The van der Waals surface area contributed by atoms with Gasteiger partial charge in [0, 0.05) is 22.2 Å². The second-order valence-corrected chi connectivity index (χ2v) is 18.6. The summed E-state index contributed by atoms with van der Waals surface area (Å²) in [4.78, 5) is 0. The predicted octanol–water partition coefficient (Wildman–Crippen LogP) is 17.0. The summed E-state index contributed by atoms with van der Waals surface area (Å²) in [7, 11) is 0. The van der Waals surface area contributed by atoms with Gasteiger partial charge >= 0.3 is 0 Å². The van der Waals surface area contributed by atoms with Crippen LogP contribution in [0.15, 0.2) is 206 Å². The maximum absolute atomic E-state index is 3.89. The molecule has 0 saturated carbocycles. The summed E-state index contributed by atoms with van der Waals surface area (Å²) in [6, 6.07) is 76.9. The molecule has 0 radical (unpaired) electrons. The van der Waals surface area contributed by atoms with Crippen LogP contribution >= 0.6 is 0 Å². The van der Waals surface area contributed by atoms with Gasteiger partial charge in [-0.1, -0.05) is 185 Å². The number of nitrogens with one attached hydrogen (secondary N) is 1. The van der Waals surface area contributed by atoms with E-state index in [0.29, 0.717) is 0 Å². The number of hydrogen-bond acceptors (Lipinski definition) is 1. The number of hydrogen-bond donors (Lipinski definition) is 1. The van der Waals surface area contributed by atoms with E-state index in [1.54, 1.807) is 0 Å². The quantitative estimate of drug-likeness (QED) is 0.176. The molecule has 0 saturated heterocycles. The fourth-order valence-electron chi connectivity index (χ4n) is 10.9. The molecule has 0 spiro atoms. The molecule has 0 aliphatic heterocycles. The third-order valence-electron chi connectivity index (χ3n) is 14.2. The summed E-state index contributed by atoms with van der Waals surface area (Å²) in [6.07, 6.45) is 0. The van der Waals surface area contributed by atoms with Crippen molar-refractivity contribution in [2.24, 2.45) is 0 Å². The van der Waals surface area contributed by atoms with Crippen molar-refractivity contribution in [2.75, 3.05) is 5.32 Å². The lowest BCUT2D eigenvalue weighted by Gasteiger charge is -2.22. The number of rotatable bonds is 6. The molecule has 2 aliphatic rings. The zero-order valence-corrected chi connectivity index (χ0v) is 36.1. The molecule has 0 bridgehead atoms. The SMILES string of the molecule is CC1(C)c2ccccc2-c2cc(-c3ccc(Nc4ccc(-c5ccc6c(c5)-c5ccccc5C6(C)C)c(-c5ccc6ccccc6c5)c4)cc3-c3ccc4ccccc4c3)ccc21. The molecule has 1 heteroatoms. The van der Waals surface area contributed by atoms with E-state index in [4.69, 9.17) is 0 Å². The van der Waals surface area contributed by atoms with E-state index >= 15 is 0 Å². The van der Waals surface area contributed by atoms with Crippen LogP contribution in [0.3, 0.4) is 0 Å². The van der Waals surface area contributed by atoms with Crippen LogP contribution in [0.1, 0.15) is 49.9 Å². The van der Waals surface area contributed by atoms with Crippen LogP contribution in [0, 0.1) is 0 Å². The Labute approximate surface area is 370 Å². The molecule has 63 heavy (non-hydrogen) atoms. The molecule has 1 N–H and O–H groups in total. The second kappa shape index (κ2) is 14.0. The van der Waals surface area contributed by atoms with E-state index in [1.807, 2.05) is 0 Å². The highest BCUT2D eigenvalue weighted by Gasteiger charge is 2.36. The van der Waals surface area contributed by atoms with Crippen molar-refractivity contribution in [1.29, 1.82) is 0 Å². The van der Waals surface area contributed by atoms with Crippen molar-refractivity contribution in [3.05, 3.63) is 229 Å². The van der Waals surface area contributed by atoms with Crippen molar-refractivity contribution in [3.63, 3.8) is 0 Å². The fourth-order valence-corrected chi connectivity index (χ4v) is 10.9. The van der Waals surface area contributed by atoms with Gasteiger partial charge in [0.05, 0.1) is 0 Å². The third kappa shape index (κ3) is 5.98. The Kier molecular flexibility index (Phi) is 8.30. The van der Waals surface area contributed by atoms with Crippen molar-refractivity contribution in [3.8, 4) is 66.8 Å². The molecule has 0 amide bonds. The zero-order valence-electron chi connectivity index (χ0n) is 36.1. The molecule has 300 valence electrons. The third-order valence-corrected chi connectivity index (χ3v) is 14.2. The molecule has 0 heterocycles. The molecule has 0 atom stereocenters. The Morgan fingerprint density at radius 3 is 1.08 bits per heavy atom. The predicted molar refractivity (Wildman–Crippen MR) is 268 cm³/mol. The largest absolute Gasteiger partial charge is 0.355 e. The van der Waals surface area contributed by atoms with Crippen LogP contribution in [0.25, 0.3) is 88.3 Å². The Morgan fingerprint density at radius 2 is 0.619 bits per heavy atom. The summed E-state index contributed by atoms with van der Waals surface area (Å²) in [5, 5.41) is 8.84. The minimum atomic E-state index is -0.0382. The van der Waals surface area contributed by atoms with E-state index in [9.17, 15) is 0 Å². The van der Waals surface area contributed by atoms with Crippen LogP contribution in [0.4, 0.5) is 11.4 Å². The minimum Gasteiger partial charge on any atom is -0.355 e. The van der Waals surface area contributed by atoms with Gasteiger partial charge in [0.2, 0.25) is 0 Å². The smallest absolute Gasteiger partial charge is 0.0390 e. The Hall–Kier alpha value is -7.48. The number of anilines is 2. The fraction of sp³-hybridized carbons (Fsp3) is 0.0968. The van der Waals surface area contributed by atoms with Crippen molar-refractivity contribution < 1.29 is 0 Å². The van der Waals surface area contributed by atoms with Crippen molar-refractivity contribution in [1.82, 2.24) is 0 Å². The van der Waals surface area contributed by atoms with E-state index in [0.717, 1.165) is 11.4 Å². The Balaban J connectivity index is 0.986. The minimum absolute atomic E-state index is 0.0382. The molecule has 0 fully saturated rings. The average Bonchev–Trinajstić information content (AvgIpc) is 3.70. The summed E-state index contributed by atoms with van der Waals surface area (Å²) in [5.74, 6) is 0. The maximum Gasteiger partial charge on any atom is 0.0390 e. The lowest BCUT2D eigenvalue weighted by atomic mass is 9.82. The van der Waals surface area contributed by atoms with Crippen LogP contribution in [-0.4, -0.2) is 0 Å². The first kappa shape index (κ1) is 37.3. The average molecular weight is 806 g/mol. The maximum atomic E-state index is 3.89. The molecule has 10 aromatic carbocycles. The first-order valence-corrected chi connectivity index (χ1v) is 22.2. The standard InChI is InChI=1S/C62H47N/c1-61(2)57-19-11-9-17-51(57)55-35-45(25-31-59(55)61)49-29-27-47(37-53(49)43-23-21-39-13-5-7-15-41(39)33-43)63-48-28-30-50(54(38-48)44-24-22-40-14-6-8-16-42(40)34-44)46-26-32-60-56(36-46)52-18-10-12-20-58(52)62(60,3)4/h5-38,63H,1-4H3. The summed E-state index contributed by atoms with van der Waals surface area (Å²) < 4.78 is 0. The Morgan fingerprint density at radius 1 is 0.254 bits per heavy atom. The lowest BCUT2D eigenvalue weighted by molar-refractivity contribution is 0.660. The summed E-state index contributed by atoms with van der Waals surface area (Å²) in [5.41, 5.74) is 22.6. The van der Waals surface area contributed by atoms with Gasteiger partial charge < -0.3 is 5.32 Å². The van der Waals surface area contributed by atoms with Crippen molar-refractivity contribution >= 4 is 32.9 Å². The zero-order chi connectivity index (χ0) is 42.5. The van der Waals surface area contributed by atoms with Gasteiger partial charge in [-0.25, -0.2) is 0 Å². The van der Waals surface area contributed by atoms with Crippen LogP contribution in [-0.2, 0) is 10.8 Å². The van der Waals surface area contributed by atoms with Crippen molar-refractivity contribution in [2.45, 2.75) is 38.5 Å². The molecule has 12 rings (SSSR count). The topological polar surface area (TPSA) is 12.0 Å². The van der Waals surface area contributed by atoms with E-state index in [1.165, 1.54) is 111 Å². The Bertz CT molecular complexity index is 3260. The normalized spacial score (nSPS) is 14.0. The number of benzene rings is 10. The van der Waals surface area contributed by atoms with Gasteiger partial charge in [0.15, 0.2) is 0 Å². The molecule has 10 aromatic rings. The van der Waals surface area contributed by atoms with Crippen LogP contribution in [0.2, 0.25) is 0 Å². The van der Waals surface area contributed by atoms with Crippen LogP contribution in [0.5, 0.6) is 0 Å². The lowest BCUT2D eigenvalue weighted by Crippen LogP contribution is -2.14. The monoisotopic (exact) mass is 805 g/mol. The molecular formula is C62H47N.